The minimum atomic E-state index is -0.196. The lowest BCUT2D eigenvalue weighted by molar-refractivity contribution is 0.358. The third-order valence-corrected chi connectivity index (χ3v) is 9.41. The van der Waals surface area contributed by atoms with Crippen molar-refractivity contribution < 1.29 is 4.74 Å². The molecule has 6 rings (SSSR count). The highest BCUT2D eigenvalue weighted by atomic mass is 79.9. The van der Waals surface area contributed by atoms with Crippen molar-refractivity contribution in [1.82, 2.24) is 4.57 Å². The molecule has 38 heavy (non-hydrogen) atoms. The van der Waals surface area contributed by atoms with Crippen LogP contribution in [0.2, 0.25) is 0 Å². The molecule has 0 fully saturated rings. The fourth-order valence-corrected chi connectivity index (χ4v) is 7.78. The van der Waals surface area contributed by atoms with Gasteiger partial charge in [0.1, 0.15) is 12.4 Å². The van der Waals surface area contributed by atoms with Gasteiger partial charge < -0.3 is 4.74 Å². The first-order valence-electron chi connectivity index (χ1n) is 12.1. The molecule has 3 aromatic carbocycles. The van der Waals surface area contributed by atoms with Crippen LogP contribution in [0.3, 0.4) is 0 Å². The summed E-state index contributed by atoms with van der Waals surface area (Å²) in [7, 11) is 0. The molecule has 0 bridgehead atoms. The summed E-state index contributed by atoms with van der Waals surface area (Å²) < 4.78 is 10.9. The van der Waals surface area contributed by atoms with Crippen LogP contribution in [0.15, 0.2) is 102 Å². The van der Waals surface area contributed by atoms with Gasteiger partial charge in [0, 0.05) is 10.0 Å². The first-order chi connectivity index (χ1) is 18.4. The Bertz CT molecular complexity index is 1780. The van der Waals surface area contributed by atoms with Gasteiger partial charge in [-0.05, 0) is 97.3 Å². The average molecular weight is 713 g/mol. The Morgan fingerprint density at radius 3 is 2.53 bits per heavy atom. The molecule has 190 valence electrons. The monoisotopic (exact) mass is 710 g/mol. The number of fused-ring (bicyclic) bond motifs is 3. The molecule has 0 unspecified atom stereocenters. The van der Waals surface area contributed by atoms with Crippen LogP contribution in [-0.4, -0.2) is 11.2 Å². The van der Waals surface area contributed by atoms with Crippen LogP contribution in [0, 0.1) is 0 Å². The van der Waals surface area contributed by atoms with Crippen LogP contribution in [0.5, 0.6) is 5.75 Å². The van der Waals surface area contributed by atoms with Crippen LogP contribution >= 0.6 is 59.1 Å². The summed E-state index contributed by atoms with van der Waals surface area (Å²) in [5.74, 6) is 0.699. The van der Waals surface area contributed by atoms with Crippen molar-refractivity contribution in [2.24, 2.45) is 4.99 Å². The van der Waals surface area contributed by atoms with Gasteiger partial charge in [0.05, 0.1) is 25.2 Å². The SMILES string of the molecule is C=CCOc1c(Br)cc(/C=c2/sc3n(c2=O)[C@@H](c2ccc(Br)cc2)C2=C(N=3)c3ccccc3CC2)cc1Br. The van der Waals surface area contributed by atoms with Crippen LogP contribution in [-0.2, 0) is 6.42 Å². The number of hydrogen-bond donors (Lipinski definition) is 0. The van der Waals surface area contributed by atoms with E-state index in [1.165, 1.54) is 22.5 Å². The average Bonchev–Trinajstić information content (AvgIpc) is 3.22. The Kier molecular flexibility index (Phi) is 7.16. The van der Waals surface area contributed by atoms with Gasteiger partial charge in [0.25, 0.3) is 5.56 Å². The summed E-state index contributed by atoms with van der Waals surface area (Å²) in [6.07, 6.45) is 5.43. The summed E-state index contributed by atoms with van der Waals surface area (Å²) >= 11 is 12.2. The van der Waals surface area contributed by atoms with Gasteiger partial charge in [-0.1, -0.05) is 76.3 Å². The molecule has 4 aromatic rings. The number of aromatic nitrogens is 1. The minimum Gasteiger partial charge on any atom is -0.487 e. The zero-order valence-electron chi connectivity index (χ0n) is 20.1. The predicted octanol–water partition coefficient (Wildman–Crippen LogP) is 7.17. The lowest BCUT2D eigenvalue weighted by Gasteiger charge is -2.30. The van der Waals surface area contributed by atoms with Crippen molar-refractivity contribution in [3.8, 4) is 5.75 Å². The Hall–Kier alpha value is -2.52. The molecular weight excluding hydrogens is 692 g/mol. The third-order valence-electron chi connectivity index (χ3n) is 6.72. The Morgan fingerprint density at radius 1 is 1.05 bits per heavy atom. The Labute approximate surface area is 249 Å². The van der Waals surface area contributed by atoms with Gasteiger partial charge in [0.15, 0.2) is 4.80 Å². The number of allylic oxidation sites excluding steroid dienone is 1. The van der Waals surface area contributed by atoms with Gasteiger partial charge >= 0.3 is 0 Å². The normalized spacial score (nSPS) is 16.4. The molecular formula is C30H21Br3N2O2S. The maximum atomic E-state index is 14.0. The maximum Gasteiger partial charge on any atom is 0.271 e. The number of nitrogens with zero attached hydrogens (tertiary/aromatic N) is 2. The standard InChI is InChI=1S/C30H21Br3N2O2S/c1-2-13-37-28-23(32)14-17(15-24(28)33)16-25-29(36)35-27(19-7-10-20(31)11-8-19)22-12-9-18-5-3-4-6-21(18)26(22)34-30(35)38-25/h2-8,10-11,14-16,27H,1,9,12-13H2/b25-16+/t27-/m0/s1. The van der Waals surface area contributed by atoms with E-state index in [1.807, 2.05) is 34.9 Å². The molecule has 4 nitrogen and oxygen atoms in total. The number of hydrogen-bond acceptors (Lipinski definition) is 4. The van der Waals surface area contributed by atoms with Gasteiger partial charge in [-0.25, -0.2) is 4.99 Å². The molecule has 1 aromatic heterocycles. The number of ether oxygens (including phenoxy) is 1. The highest BCUT2D eigenvalue weighted by molar-refractivity contribution is 9.11. The number of benzene rings is 3. The van der Waals surface area contributed by atoms with Crippen LogP contribution in [0.1, 0.15) is 34.7 Å². The molecule has 0 saturated carbocycles. The molecule has 2 heterocycles. The number of aryl methyl sites for hydroxylation is 1. The molecule has 0 radical (unpaired) electrons. The largest absolute Gasteiger partial charge is 0.487 e. The molecule has 0 saturated heterocycles. The highest BCUT2D eigenvalue weighted by Gasteiger charge is 2.32. The van der Waals surface area contributed by atoms with Gasteiger partial charge in [-0.15, -0.1) is 0 Å². The second-order valence-electron chi connectivity index (χ2n) is 9.08. The van der Waals surface area contributed by atoms with E-state index in [-0.39, 0.29) is 11.6 Å². The maximum absolute atomic E-state index is 14.0. The van der Waals surface area contributed by atoms with E-state index in [4.69, 9.17) is 9.73 Å². The molecule has 1 aliphatic carbocycles. The molecule has 0 N–H and O–H groups in total. The van der Waals surface area contributed by atoms with E-state index in [1.54, 1.807) is 6.08 Å². The molecule has 8 heteroatoms. The van der Waals surface area contributed by atoms with Gasteiger partial charge in [-0.2, -0.15) is 0 Å². The number of thiazole rings is 1. The topological polar surface area (TPSA) is 43.6 Å². The summed E-state index contributed by atoms with van der Waals surface area (Å²) in [5.41, 5.74) is 6.59. The van der Waals surface area contributed by atoms with Crippen molar-refractivity contribution >= 4 is 70.9 Å². The van der Waals surface area contributed by atoms with Crippen LogP contribution in [0.25, 0.3) is 11.8 Å². The van der Waals surface area contributed by atoms with E-state index in [0.717, 1.165) is 48.6 Å². The molecule has 0 amide bonds. The van der Waals surface area contributed by atoms with Gasteiger partial charge in [0.2, 0.25) is 0 Å². The summed E-state index contributed by atoms with van der Waals surface area (Å²) in [6, 6.07) is 20.4. The summed E-state index contributed by atoms with van der Waals surface area (Å²) in [4.78, 5) is 19.8. The minimum absolute atomic E-state index is 0.0358. The second kappa shape index (κ2) is 10.6. The molecule has 0 spiro atoms. The molecule has 1 aliphatic heterocycles. The zero-order valence-corrected chi connectivity index (χ0v) is 25.7. The van der Waals surface area contributed by atoms with E-state index in [9.17, 15) is 4.79 Å². The second-order valence-corrected chi connectivity index (χ2v) is 12.7. The fourth-order valence-electron chi connectivity index (χ4n) is 5.06. The first-order valence-corrected chi connectivity index (χ1v) is 15.3. The first kappa shape index (κ1) is 25.7. The molecule has 2 aliphatic rings. The Morgan fingerprint density at radius 2 is 1.79 bits per heavy atom. The smallest absolute Gasteiger partial charge is 0.271 e. The zero-order chi connectivity index (χ0) is 26.4. The highest BCUT2D eigenvalue weighted by Crippen LogP contribution is 2.41. The van der Waals surface area contributed by atoms with Crippen molar-refractivity contribution in [1.29, 1.82) is 0 Å². The molecule has 1 atom stereocenters. The van der Waals surface area contributed by atoms with Gasteiger partial charge in [-0.3, -0.25) is 9.36 Å². The van der Waals surface area contributed by atoms with E-state index in [2.05, 4.69) is 90.8 Å². The van der Waals surface area contributed by atoms with Crippen LogP contribution < -0.4 is 19.6 Å². The van der Waals surface area contributed by atoms with Crippen molar-refractivity contribution in [3.05, 3.63) is 134 Å². The van der Waals surface area contributed by atoms with E-state index in [0.29, 0.717) is 21.7 Å². The lowest BCUT2D eigenvalue weighted by atomic mass is 9.83. The number of rotatable bonds is 5. The van der Waals surface area contributed by atoms with Crippen molar-refractivity contribution in [2.45, 2.75) is 18.9 Å². The van der Waals surface area contributed by atoms with Crippen LogP contribution in [0.4, 0.5) is 0 Å². The quantitative estimate of drug-likeness (QED) is 0.206. The predicted molar refractivity (Wildman–Crippen MR) is 164 cm³/mol. The van der Waals surface area contributed by atoms with Crippen molar-refractivity contribution in [2.75, 3.05) is 6.61 Å². The summed E-state index contributed by atoms with van der Waals surface area (Å²) in [6.45, 7) is 4.11. The third kappa shape index (κ3) is 4.62. The summed E-state index contributed by atoms with van der Waals surface area (Å²) in [5, 5.41) is 0. The van der Waals surface area contributed by atoms with E-state index < -0.39 is 0 Å². The fraction of sp³-hybridized carbons (Fsp3) is 0.133. The lowest BCUT2D eigenvalue weighted by Crippen LogP contribution is -2.38. The number of halogens is 3. The van der Waals surface area contributed by atoms with E-state index >= 15 is 0 Å². The van der Waals surface area contributed by atoms with Crippen molar-refractivity contribution in [3.63, 3.8) is 0 Å². The Balaban J connectivity index is 1.55.